The zero-order chi connectivity index (χ0) is 22.0. The summed E-state index contributed by atoms with van der Waals surface area (Å²) in [5.74, 6) is -0.237. The first kappa shape index (κ1) is 20.6. The van der Waals surface area contributed by atoms with Crippen molar-refractivity contribution in [3.05, 3.63) is 101 Å². The lowest BCUT2D eigenvalue weighted by atomic mass is 9.89. The molecule has 0 saturated carbocycles. The zero-order valence-corrected chi connectivity index (χ0v) is 17.8. The van der Waals surface area contributed by atoms with Crippen LogP contribution in [-0.4, -0.2) is 28.8 Å². The number of hydrogen-bond donors (Lipinski definition) is 1. The Morgan fingerprint density at radius 3 is 2.55 bits per heavy atom. The summed E-state index contributed by atoms with van der Waals surface area (Å²) < 4.78 is 10.5. The predicted molar refractivity (Wildman–Crippen MR) is 120 cm³/mol. The Morgan fingerprint density at radius 1 is 1.06 bits per heavy atom. The topological polar surface area (TPSA) is 71.8 Å². The number of ether oxygens (including phenoxy) is 1. The SMILES string of the molecule is CC1=C(C(=O)c2ccccc2)C(c2cccc(OC(=O)c3ccco3)c2)NC(=S)N1C. The monoisotopic (exact) mass is 432 g/mol. The summed E-state index contributed by atoms with van der Waals surface area (Å²) in [5, 5.41) is 3.75. The molecule has 7 heteroatoms. The van der Waals surface area contributed by atoms with Gasteiger partial charge in [0.1, 0.15) is 5.75 Å². The molecule has 0 bridgehead atoms. The third-order valence-corrected chi connectivity index (χ3v) is 5.55. The molecule has 1 unspecified atom stereocenters. The lowest BCUT2D eigenvalue weighted by Gasteiger charge is -2.36. The van der Waals surface area contributed by atoms with Gasteiger partial charge in [-0.05, 0) is 49.0 Å². The second kappa shape index (κ2) is 8.57. The molecular formula is C24H20N2O4S. The maximum atomic E-state index is 13.4. The van der Waals surface area contributed by atoms with Crippen molar-refractivity contribution in [2.24, 2.45) is 0 Å². The summed E-state index contributed by atoms with van der Waals surface area (Å²) in [6.07, 6.45) is 1.41. The van der Waals surface area contributed by atoms with Crippen LogP contribution >= 0.6 is 12.2 Å². The first-order valence-corrected chi connectivity index (χ1v) is 10.1. The number of Topliss-reactive ketones (excluding diaryl/α,β-unsaturated/α-hetero) is 1. The highest BCUT2D eigenvalue weighted by Crippen LogP contribution is 2.33. The standard InChI is InChI=1S/C24H20N2O4S/c1-15-20(22(27)16-8-4-3-5-9-16)21(25-24(31)26(15)2)17-10-6-11-18(14-17)30-23(28)19-12-7-13-29-19/h3-14,21H,1-2H3,(H,25,31). The largest absolute Gasteiger partial charge is 0.457 e. The Kier molecular flexibility index (Phi) is 5.68. The molecule has 1 aromatic heterocycles. The molecule has 0 spiro atoms. The quantitative estimate of drug-likeness (QED) is 0.275. The van der Waals surface area contributed by atoms with Crippen molar-refractivity contribution in [2.75, 3.05) is 7.05 Å². The molecule has 3 aromatic rings. The molecule has 2 aromatic carbocycles. The number of esters is 1. The summed E-state index contributed by atoms with van der Waals surface area (Å²) in [6, 6.07) is 18.8. The van der Waals surface area contributed by atoms with Gasteiger partial charge in [0.05, 0.1) is 12.3 Å². The molecule has 2 heterocycles. The minimum atomic E-state index is -0.596. The van der Waals surface area contributed by atoms with Crippen LogP contribution in [0, 0.1) is 0 Å². The van der Waals surface area contributed by atoms with Crippen LogP contribution in [0.2, 0.25) is 0 Å². The summed E-state index contributed by atoms with van der Waals surface area (Å²) in [6.45, 7) is 1.87. The Labute approximate surface area is 185 Å². The number of allylic oxidation sites excluding steroid dienone is 1. The van der Waals surface area contributed by atoms with E-state index in [0.29, 0.717) is 22.0 Å². The number of furan rings is 1. The van der Waals surface area contributed by atoms with Crippen molar-refractivity contribution in [1.29, 1.82) is 0 Å². The van der Waals surface area contributed by atoms with E-state index in [2.05, 4.69) is 5.32 Å². The van der Waals surface area contributed by atoms with Crippen LogP contribution in [0.15, 0.2) is 88.7 Å². The first-order valence-electron chi connectivity index (χ1n) is 9.66. The van der Waals surface area contributed by atoms with Crippen molar-refractivity contribution in [3.8, 4) is 5.75 Å². The molecule has 1 aliphatic heterocycles. The second-order valence-corrected chi connectivity index (χ2v) is 7.46. The summed E-state index contributed by atoms with van der Waals surface area (Å²) in [4.78, 5) is 27.4. The normalized spacial score (nSPS) is 16.1. The Morgan fingerprint density at radius 2 is 1.84 bits per heavy atom. The molecule has 6 nitrogen and oxygen atoms in total. The van der Waals surface area contributed by atoms with Crippen molar-refractivity contribution < 1.29 is 18.7 Å². The van der Waals surface area contributed by atoms with Crippen LogP contribution in [0.25, 0.3) is 0 Å². The van der Waals surface area contributed by atoms with Crippen LogP contribution in [-0.2, 0) is 0 Å². The highest BCUT2D eigenvalue weighted by atomic mass is 32.1. The predicted octanol–water partition coefficient (Wildman–Crippen LogP) is 4.52. The average molecular weight is 433 g/mol. The second-order valence-electron chi connectivity index (χ2n) is 7.08. The number of hydrogen-bond acceptors (Lipinski definition) is 5. The maximum Gasteiger partial charge on any atom is 0.379 e. The fourth-order valence-electron chi connectivity index (χ4n) is 3.43. The van der Waals surface area contributed by atoms with Crippen molar-refractivity contribution in [3.63, 3.8) is 0 Å². The van der Waals surface area contributed by atoms with Gasteiger partial charge in [0, 0.05) is 23.9 Å². The lowest BCUT2D eigenvalue weighted by Crippen LogP contribution is -2.45. The number of thiocarbonyl (C=S) groups is 1. The lowest BCUT2D eigenvalue weighted by molar-refractivity contribution is 0.0701. The van der Waals surface area contributed by atoms with Gasteiger partial charge >= 0.3 is 5.97 Å². The molecule has 1 atom stereocenters. The van der Waals surface area contributed by atoms with Crippen LogP contribution in [0.4, 0.5) is 0 Å². The van der Waals surface area contributed by atoms with E-state index in [0.717, 1.165) is 11.3 Å². The fourth-order valence-corrected chi connectivity index (χ4v) is 3.69. The third kappa shape index (κ3) is 4.13. The van der Waals surface area contributed by atoms with Gasteiger partial charge in [-0.2, -0.15) is 0 Å². The summed E-state index contributed by atoms with van der Waals surface area (Å²) >= 11 is 5.47. The molecule has 31 heavy (non-hydrogen) atoms. The number of rotatable bonds is 5. The Balaban J connectivity index is 1.70. The zero-order valence-electron chi connectivity index (χ0n) is 17.0. The van der Waals surface area contributed by atoms with E-state index in [9.17, 15) is 9.59 Å². The van der Waals surface area contributed by atoms with Gasteiger partial charge in [0.25, 0.3) is 0 Å². The van der Waals surface area contributed by atoms with Crippen LogP contribution in [0.1, 0.15) is 39.4 Å². The molecule has 0 radical (unpaired) electrons. The third-order valence-electron chi connectivity index (χ3n) is 5.16. The number of benzene rings is 2. The Bertz CT molecular complexity index is 1170. The average Bonchev–Trinajstić information content (AvgIpc) is 3.33. The van der Waals surface area contributed by atoms with E-state index in [1.807, 2.05) is 38.2 Å². The van der Waals surface area contributed by atoms with Crippen molar-refractivity contribution in [2.45, 2.75) is 13.0 Å². The van der Waals surface area contributed by atoms with Gasteiger partial charge in [-0.1, -0.05) is 42.5 Å². The Hall–Kier alpha value is -3.71. The van der Waals surface area contributed by atoms with E-state index in [1.165, 1.54) is 12.3 Å². The number of nitrogens with zero attached hydrogens (tertiary/aromatic N) is 1. The number of nitrogens with one attached hydrogen (secondary N) is 1. The van der Waals surface area contributed by atoms with E-state index >= 15 is 0 Å². The first-order chi connectivity index (χ1) is 15.0. The van der Waals surface area contributed by atoms with Crippen LogP contribution < -0.4 is 10.1 Å². The molecule has 1 aliphatic rings. The smallest absolute Gasteiger partial charge is 0.379 e. The van der Waals surface area contributed by atoms with Gasteiger partial charge in [0.15, 0.2) is 10.9 Å². The highest BCUT2D eigenvalue weighted by molar-refractivity contribution is 7.80. The number of ketones is 1. The molecular weight excluding hydrogens is 412 g/mol. The molecule has 4 rings (SSSR count). The van der Waals surface area contributed by atoms with Crippen LogP contribution in [0.5, 0.6) is 5.75 Å². The van der Waals surface area contributed by atoms with Gasteiger partial charge < -0.3 is 19.4 Å². The van der Waals surface area contributed by atoms with Gasteiger partial charge in [-0.15, -0.1) is 0 Å². The molecule has 0 fully saturated rings. The van der Waals surface area contributed by atoms with Crippen molar-refractivity contribution in [1.82, 2.24) is 10.2 Å². The molecule has 0 amide bonds. The van der Waals surface area contributed by atoms with Crippen molar-refractivity contribution >= 4 is 29.1 Å². The van der Waals surface area contributed by atoms with E-state index in [4.69, 9.17) is 21.4 Å². The van der Waals surface area contributed by atoms with Gasteiger partial charge in [-0.25, -0.2) is 4.79 Å². The number of carbonyl (C=O) groups is 2. The van der Waals surface area contributed by atoms with E-state index in [1.54, 1.807) is 41.3 Å². The van der Waals surface area contributed by atoms with Gasteiger partial charge in [-0.3, -0.25) is 4.79 Å². The summed E-state index contributed by atoms with van der Waals surface area (Å²) in [5.41, 5.74) is 2.68. The highest BCUT2D eigenvalue weighted by Gasteiger charge is 2.33. The summed E-state index contributed by atoms with van der Waals surface area (Å²) in [7, 11) is 1.82. The molecule has 1 N–H and O–H groups in total. The van der Waals surface area contributed by atoms with E-state index in [-0.39, 0.29) is 11.5 Å². The maximum absolute atomic E-state index is 13.4. The van der Waals surface area contributed by atoms with E-state index < -0.39 is 12.0 Å². The van der Waals surface area contributed by atoms with Gasteiger partial charge in [0.2, 0.25) is 5.76 Å². The molecule has 156 valence electrons. The van der Waals surface area contributed by atoms with Crippen LogP contribution in [0.3, 0.4) is 0 Å². The fraction of sp³-hybridized carbons (Fsp3) is 0.125. The minimum absolute atomic E-state index is 0.0945. The number of carbonyl (C=O) groups excluding carboxylic acids is 2. The minimum Gasteiger partial charge on any atom is -0.457 e. The molecule has 0 aliphatic carbocycles. The molecule has 0 saturated heterocycles.